The number of thiazole rings is 1. The van der Waals surface area contributed by atoms with Crippen LogP contribution >= 0.6 is 27.3 Å². The highest BCUT2D eigenvalue weighted by molar-refractivity contribution is 9.10. The Morgan fingerprint density at radius 2 is 2.37 bits per heavy atom. The van der Waals surface area contributed by atoms with Crippen LogP contribution in [0, 0.1) is 0 Å². The third kappa shape index (κ3) is 3.16. The van der Waals surface area contributed by atoms with E-state index in [-0.39, 0.29) is 6.10 Å². The molecule has 1 saturated heterocycles. The van der Waals surface area contributed by atoms with Gasteiger partial charge in [-0.15, -0.1) is 0 Å². The van der Waals surface area contributed by atoms with E-state index in [1.807, 2.05) is 17.1 Å². The first kappa shape index (κ1) is 13.1. The number of β-amino-alcohol motifs (C(OH)–C–C–N with tert-alkyl or cyclic N) is 1. The van der Waals surface area contributed by atoms with Gasteiger partial charge in [-0.25, -0.2) is 4.98 Å². The van der Waals surface area contributed by atoms with E-state index in [1.165, 1.54) is 4.88 Å². The van der Waals surface area contributed by atoms with Gasteiger partial charge in [-0.2, -0.15) is 5.10 Å². The molecule has 7 heteroatoms. The Morgan fingerprint density at radius 3 is 3.11 bits per heavy atom. The van der Waals surface area contributed by atoms with E-state index in [4.69, 9.17) is 0 Å². The highest BCUT2D eigenvalue weighted by atomic mass is 79.9. The Morgan fingerprint density at radius 1 is 1.47 bits per heavy atom. The van der Waals surface area contributed by atoms with Gasteiger partial charge in [0, 0.05) is 30.4 Å². The zero-order chi connectivity index (χ0) is 13.2. The van der Waals surface area contributed by atoms with Crippen LogP contribution in [0.5, 0.6) is 0 Å². The van der Waals surface area contributed by atoms with Crippen molar-refractivity contribution in [3.63, 3.8) is 0 Å². The second kappa shape index (κ2) is 5.60. The molecular formula is C12H15BrN4OS. The number of hydrogen-bond acceptors (Lipinski definition) is 5. The molecule has 0 radical (unpaired) electrons. The van der Waals surface area contributed by atoms with E-state index in [0.29, 0.717) is 6.54 Å². The maximum Gasteiger partial charge on any atom is 0.185 e. The van der Waals surface area contributed by atoms with Crippen LogP contribution in [0.15, 0.2) is 23.1 Å². The van der Waals surface area contributed by atoms with Crippen LogP contribution in [-0.2, 0) is 6.54 Å². The molecule has 0 aliphatic carbocycles. The molecule has 2 aromatic rings. The number of aliphatic hydroxyl groups excluding tert-OH is 1. The van der Waals surface area contributed by atoms with Crippen molar-refractivity contribution >= 4 is 32.4 Å². The predicted molar refractivity (Wildman–Crippen MR) is 78.6 cm³/mol. The molecule has 1 aliphatic heterocycles. The number of rotatable bonds is 3. The topological polar surface area (TPSA) is 54.2 Å². The lowest BCUT2D eigenvalue weighted by molar-refractivity contribution is 0.154. The molecule has 5 nitrogen and oxygen atoms in total. The van der Waals surface area contributed by atoms with Gasteiger partial charge in [-0.3, -0.25) is 4.68 Å². The van der Waals surface area contributed by atoms with Gasteiger partial charge in [-0.05, 0) is 28.8 Å². The lowest BCUT2D eigenvalue weighted by Crippen LogP contribution is -2.38. The monoisotopic (exact) mass is 342 g/mol. The summed E-state index contributed by atoms with van der Waals surface area (Å²) in [6.45, 7) is 2.41. The normalized spacial score (nSPS) is 19.9. The van der Waals surface area contributed by atoms with Gasteiger partial charge in [0.15, 0.2) is 5.13 Å². The summed E-state index contributed by atoms with van der Waals surface area (Å²) in [4.78, 5) is 7.80. The number of aliphatic hydroxyl groups is 1. The molecule has 3 heterocycles. The number of aromatic nitrogens is 3. The Labute approximate surface area is 124 Å². The summed E-state index contributed by atoms with van der Waals surface area (Å²) in [6, 6.07) is 0. The average molecular weight is 343 g/mol. The highest BCUT2D eigenvalue weighted by Gasteiger charge is 2.20. The first-order valence-corrected chi connectivity index (χ1v) is 7.87. The van der Waals surface area contributed by atoms with E-state index in [0.717, 1.165) is 35.5 Å². The minimum absolute atomic E-state index is 0.219. The van der Waals surface area contributed by atoms with Gasteiger partial charge in [0.25, 0.3) is 0 Å². The maximum atomic E-state index is 9.70. The molecule has 3 rings (SSSR count). The first-order chi connectivity index (χ1) is 9.20. The van der Waals surface area contributed by atoms with E-state index in [1.54, 1.807) is 17.5 Å². The van der Waals surface area contributed by atoms with Crippen LogP contribution in [0.1, 0.15) is 17.7 Å². The van der Waals surface area contributed by atoms with Crippen LogP contribution < -0.4 is 4.90 Å². The van der Waals surface area contributed by atoms with Crippen molar-refractivity contribution in [3.05, 3.63) is 27.9 Å². The summed E-state index contributed by atoms with van der Waals surface area (Å²) in [5.41, 5.74) is 0. The average Bonchev–Trinajstić information content (AvgIpc) is 2.99. The fourth-order valence-corrected chi connectivity index (χ4v) is 3.49. The molecule has 0 aromatic carbocycles. The quantitative estimate of drug-likeness (QED) is 0.928. The fraction of sp³-hybridized carbons (Fsp3) is 0.500. The smallest absolute Gasteiger partial charge is 0.185 e. The van der Waals surface area contributed by atoms with E-state index >= 15 is 0 Å². The van der Waals surface area contributed by atoms with Gasteiger partial charge < -0.3 is 10.0 Å². The Kier molecular flexibility index (Phi) is 3.86. The number of halogens is 1. The second-order valence-corrected chi connectivity index (χ2v) is 6.72. The lowest BCUT2D eigenvalue weighted by atomic mass is 10.1. The molecule has 0 amide bonds. The molecular weight excluding hydrogens is 328 g/mol. The Hall–Kier alpha value is -0.920. The SMILES string of the molecule is OC1CCCN(c2ncc(Cn3cc(Br)cn3)s2)C1. The number of hydrogen-bond donors (Lipinski definition) is 1. The number of nitrogens with zero attached hydrogens (tertiary/aromatic N) is 4. The van der Waals surface area contributed by atoms with Gasteiger partial charge in [-0.1, -0.05) is 11.3 Å². The number of anilines is 1. The third-order valence-corrected chi connectivity index (χ3v) is 4.58. The lowest BCUT2D eigenvalue weighted by Gasteiger charge is -2.29. The molecule has 1 unspecified atom stereocenters. The van der Waals surface area contributed by atoms with Crippen LogP contribution in [0.2, 0.25) is 0 Å². The molecule has 0 bridgehead atoms. The third-order valence-electron chi connectivity index (χ3n) is 3.13. The summed E-state index contributed by atoms with van der Waals surface area (Å²) < 4.78 is 2.86. The van der Waals surface area contributed by atoms with Gasteiger partial charge in [0.1, 0.15) is 0 Å². The van der Waals surface area contributed by atoms with Crippen molar-refractivity contribution in [1.82, 2.24) is 14.8 Å². The molecule has 1 aliphatic rings. The summed E-state index contributed by atoms with van der Waals surface area (Å²) in [6.07, 6.45) is 7.34. The van der Waals surface area contributed by atoms with Crippen LogP contribution in [0.3, 0.4) is 0 Å². The maximum absolute atomic E-state index is 9.70. The minimum atomic E-state index is -0.219. The van der Waals surface area contributed by atoms with Crippen molar-refractivity contribution < 1.29 is 5.11 Å². The minimum Gasteiger partial charge on any atom is -0.391 e. The van der Waals surface area contributed by atoms with Crippen molar-refractivity contribution in [1.29, 1.82) is 0 Å². The van der Waals surface area contributed by atoms with Gasteiger partial charge in [0.2, 0.25) is 0 Å². The largest absolute Gasteiger partial charge is 0.391 e. The Bertz CT molecular complexity index is 555. The zero-order valence-corrected chi connectivity index (χ0v) is 12.8. The van der Waals surface area contributed by atoms with Crippen LogP contribution in [-0.4, -0.2) is 39.1 Å². The fourth-order valence-electron chi connectivity index (χ4n) is 2.23. The summed E-state index contributed by atoms with van der Waals surface area (Å²) >= 11 is 5.06. The molecule has 0 saturated carbocycles. The molecule has 1 fully saturated rings. The summed E-state index contributed by atoms with van der Waals surface area (Å²) in [7, 11) is 0. The second-order valence-electron chi connectivity index (χ2n) is 4.71. The zero-order valence-electron chi connectivity index (χ0n) is 10.4. The van der Waals surface area contributed by atoms with Crippen molar-refractivity contribution in [2.24, 2.45) is 0 Å². The summed E-state index contributed by atoms with van der Waals surface area (Å²) in [5.74, 6) is 0. The molecule has 1 atom stereocenters. The van der Waals surface area contributed by atoms with E-state index in [9.17, 15) is 5.11 Å². The van der Waals surface area contributed by atoms with Gasteiger partial charge in [0.05, 0.1) is 23.3 Å². The van der Waals surface area contributed by atoms with Crippen LogP contribution in [0.25, 0.3) is 0 Å². The van der Waals surface area contributed by atoms with Gasteiger partial charge >= 0.3 is 0 Å². The molecule has 0 spiro atoms. The molecule has 19 heavy (non-hydrogen) atoms. The van der Waals surface area contributed by atoms with Crippen molar-refractivity contribution in [2.45, 2.75) is 25.5 Å². The van der Waals surface area contributed by atoms with E-state index < -0.39 is 0 Å². The Balaban J connectivity index is 1.69. The van der Waals surface area contributed by atoms with E-state index in [2.05, 4.69) is 30.9 Å². The predicted octanol–water partition coefficient (Wildman–Crippen LogP) is 2.11. The number of piperidine rings is 1. The molecule has 2 aromatic heterocycles. The van der Waals surface area contributed by atoms with Crippen molar-refractivity contribution in [2.75, 3.05) is 18.0 Å². The van der Waals surface area contributed by atoms with Crippen molar-refractivity contribution in [3.8, 4) is 0 Å². The highest BCUT2D eigenvalue weighted by Crippen LogP contribution is 2.26. The standard InChI is InChI=1S/C12H15BrN4OS/c13-9-4-15-17(6-9)8-11-5-14-12(19-11)16-3-1-2-10(18)7-16/h4-6,10,18H,1-3,7-8H2. The molecule has 102 valence electrons. The first-order valence-electron chi connectivity index (χ1n) is 6.26. The summed E-state index contributed by atoms with van der Waals surface area (Å²) in [5, 5.41) is 14.9. The van der Waals surface area contributed by atoms with Crippen LogP contribution in [0.4, 0.5) is 5.13 Å². The molecule has 1 N–H and O–H groups in total.